The second-order valence-electron chi connectivity index (χ2n) is 11.7. The molecule has 0 saturated carbocycles. The Morgan fingerprint density at radius 1 is 0.867 bits per heavy atom. The minimum atomic E-state index is -0.840. The average Bonchev–Trinajstić information content (AvgIpc) is 3.93. The standard InChI is InChI=1S/C36H31N7OS/c1-2-9-24-23(8-1)22-28(41-24)36(29-12-6-20-44-29)32(27-11-7-21-45-27)30(25-10-5-14-37-25)31(26-13-15-40-42-26)34(43-18-3-4-19-43)33(36)35-38-16-17-39-35/h1-2,5-17,20-22,33,37,41H,3-4,18-19H2,(H,38,39)(H,40,42). The molecule has 1 saturated heterocycles. The molecule has 7 aromatic rings. The molecule has 0 bridgehead atoms. The first-order valence-corrected chi connectivity index (χ1v) is 16.2. The van der Waals surface area contributed by atoms with Crippen LogP contribution in [-0.4, -0.2) is 48.1 Å². The van der Waals surface area contributed by atoms with Gasteiger partial charge in [-0.2, -0.15) is 5.10 Å². The number of thiophene rings is 1. The lowest BCUT2D eigenvalue weighted by Gasteiger charge is -2.48. The van der Waals surface area contributed by atoms with E-state index in [1.165, 1.54) is 5.70 Å². The average molecular weight is 610 g/mol. The zero-order valence-electron chi connectivity index (χ0n) is 24.5. The van der Waals surface area contributed by atoms with Crippen LogP contribution in [0.25, 0.3) is 27.6 Å². The number of hydrogen-bond donors (Lipinski definition) is 4. The van der Waals surface area contributed by atoms with Crippen molar-refractivity contribution in [2.75, 3.05) is 13.1 Å². The largest absolute Gasteiger partial charge is 0.468 e. The molecule has 45 heavy (non-hydrogen) atoms. The van der Waals surface area contributed by atoms with Gasteiger partial charge in [0.05, 0.1) is 17.9 Å². The Bertz CT molecular complexity index is 2080. The van der Waals surface area contributed by atoms with Crippen molar-refractivity contribution < 1.29 is 4.42 Å². The van der Waals surface area contributed by atoms with Gasteiger partial charge in [-0.25, -0.2) is 4.98 Å². The summed E-state index contributed by atoms with van der Waals surface area (Å²) in [7, 11) is 0. The summed E-state index contributed by atoms with van der Waals surface area (Å²) in [5, 5.41) is 11.1. The van der Waals surface area contributed by atoms with Crippen LogP contribution in [0.15, 0.2) is 119 Å². The molecule has 2 unspecified atom stereocenters. The molecule has 0 radical (unpaired) electrons. The predicted octanol–water partition coefficient (Wildman–Crippen LogP) is 7.80. The lowest BCUT2D eigenvalue weighted by Crippen LogP contribution is -2.45. The van der Waals surface area contributed by atoms with E-state index in [4.69, 9.17) is 9.40 Å². The fourth-order valence-corrected chi connectivity index (χ4v) is 8.49. The van der Waals surface area contributed by atoms with E-state index in [9.17, 15) is 0 Å². The van der Waals surface area contributed by atoms with Crippen LogP contribution in [0, 0.1) is 0 Å². The Hall–Kier alpha value is -5.28. The highest BCUT2D eigenvalue weighted by Gasteiger charge is 2.58. The van der Waals surface area contributed by atoms with E-state index in [1.54, 1.807) is 17.6 Å². The second kappa shape index (κ2) is 10.4. The molecule has 1 aliphatic heterocycles. The zero-order chi connectivity index (χ0) is 29.8. The quantitative estimate of drug-likeness (QED) is 0.148. The monoisotopic (exact) mass is 609 g/mol. The van der Waals surface area contributed by atoms with Crippen LogP contribution >= 0.6 is 11.3 Å². The van der Waals surface area contributed by atoms with E-state index in [2.05, 4.69) is 102 Å². The molecule has 2 aliphatic rings. The molecule has 6 aromatic heterocycles. The topological polar surface area (TPSA) is 105 Å². The van der Waals surface area contributed by atoms with E-state index < -0.39 is 5.41 Å². The minimum Gasteiger partial charge on any atom is -0.468 e. The van der Waals surface area contributed by atoms with Gasteiger partial charge in [0.2, 0.25) is 0 Å². The van der Waals surface area contributed by atoms with E-state index in [-0.39, 0.29) is 5.92 Å². The summed E-state index contributed by atoms with van der Waals surface area (Å²) in [5.41, 5.74) is 7.88. The number of aromatic nitrogens is 6. The number of nitrogens with one attached hydrogen (secondary N) is 4. The van der Waals surface area contributed by atoms with Gasteiger partial charge in [0.15, 0.2) is 0 Å². The smallest absolute Gasteiger partial charge is 0.121 e. The zero-order valence-corrected chi connectivity index (χ0v) is 25.3. The van der Waals surface area contributed by atoms with Gasteiger partial charge in [0, 0.05) is 82.1 Å². The fraction of sp³-hybridized carbons (Fsp3) is 0.167. The maximum Gasteiger partial charge on any atom is 0.121 e. The van der Waals surface area contributed by atoms with E-state index in [0.29, 0.717) is 0 Å². The number of rotatable bonds is 7. The van der Waals surface area contributed by atoms with Gasteiger partial charge in [-0.15, -0.1) is 11.3 Å². The van der Waals surface area contributed by atoms with Gasteiger partial charge in [-0.1, -0.05) is 24.3 Å². The van der Waals surface area contributed by atoms with Crippen molar-refractivity contribution in [2.24, 2.45) is 0 Å². The van der Waals surface area contributed by atoms with Gasteiger partial charge in [0.25, 0.3) is 0 Å². The number of fused-ring (bicyclic) bond motifs is 1. The third kappa shape index (κ3) is 3.90. The summed E-state index contributed by atoms with van der Waals surface area (Å²) in [6, 6.07) is 25.6. The Kier molecular flexibility index (Phi) is 6.05. The van der Waals surface area contributed by atoms with Gasteiger partial charge in [-0.3, -0.25) is 5.10 Å². The maximum atomic E-state index is 6.62. The number of H-pyrrole nitrogens is 4. The third-order valence-electron chi connectivity index (χ3n) is 9.37. The lowest BCUT2D eigenvalue weighted by atomic mass is 9.58. The normalized spacial score (nSPS) is 20.6. The SMILES string of the molecule is c1c[nH]c(C2=C(c3cccs3)C(c3cc4ccccc4[nH]3)(c3ccco3)C(c3ncc[nH]3)C(N3CCCC3)=C2c2ccn[nH]2)c1. The molecule has 0 spiro atoms. The minimum absolute atomic E-state index is 0.279. The number of hydrogen-bond acceptors (Lipinski definition) is 5. The highest BCUT2D eigenvalue weighted by atomic mass is 32.1. The summed E-state index contributed by atoms with van der Waals surface area (Å²) in [6.45, 7) is 1.91. The first-order valence-electron chi connectivity index (χ1n) is 15.4. The van der Waals surface area contributed by atoms with Crippen LogP contribution in [0.2, 0.25) is 0 Å². The van der Waals surface area contributed by atoms with Crippen LogP contribution in [0.3, 0.4) is 0 Å². The van der Waals surface area contributed by atoms with Crippen LogP contribution in [0.4, 0.5) is 0 Å². The van der Waals surface area contributed by atoms with Crippen LogP contribution in [0.5, 0.6) is 0 Å². The molecule has 1 aliphatic carbocycles. The van der Waals surface area contributed by atoms with Crippen LogP contribution < -0.4 is 0 Å². The molecule has 4 N–H and O–H groups in total. The second-order valence-corrected chi connectivity index (χ2v) is 12.6. The van der Waals surface area contributed by atoms with E-state index in [0.717, 1.165) is 87.1 Å². The molecule has 8 nitrogen and oxygen atoms in total. The fourth-order valence-electron chi connectivity index (χ4n) is 7.65. The third-order valence-corrected chi connectivity index (χ3v) is 10.3. The Morgan fingerprint density at radius 3 is 2.51 bits per heavy atom. The molecule has 0 amide bonds. The van der Waals surface area contributed by atoms with Crippen molar-refractivity contribution in [2.45, 2.75) is 24.2 Å². The molecular weight excluding hydrogens is 579 g/mol. The van der Waals surface area contributed by atoms with E-state index in [1.807, 2.05) is 30.9 Å². The van der Waals surface area contributed by atoms with Crippen LogP contribution in [-0.2, 0) is 5.41 Å². The molecular formula is C36H31N7OS. The number of benzene rings is 1. The molecule has 1 fully saturated rings. The highest BCUT2D eigenvalue weighted by molar-refractivity contribution is 7.11. The molecule has 222 valence electrons. The molecule has 2 atom stereocenters. The number of allylic oxidation sites excluding steroid dienone is 4. The number of imidazole rings is 1. The molecule has 1 aromatic carbocycles. The van der Waals surface area contributed by atoms with Crippen molar-refractivity contribution in [3.8, 4) is 0 Å². The molecule has 9 rings (SSSR count). The molecule has 7 heterocycles. The summed E-state index contributed by atoms with van der Waals surface area (Å²) in [6.07, 6.45) is 11.7. The first kappa shape index (κ1) is 26.2. The van der Waals surface area contributed by atoms with Crippen molar-refractivity contribution in [1.82, 2.24) is 35.0 Å². The van der Waals surface area contributed by atoms with Gasteiger partial charge in [-0.05, 0) is 72.1 Å². The number of aromatic amines is 4. The Balaban J connectivity index is 1.54. The summed E-state index contributed by atoms with van der Waals surface area (Å²) >= 11 is 1.74. The molecule has 9 heteroatoms. The summed E-state index contributed by atoms with van der Waals surface area (Å²) < 4.78 is 6.62. The first-order chi connectivity index (χ1) is 22.3. The number of likely N-dealkylation sites (tertiary alicyclic amines) is 1. The van der Waals surface area contributed by atoms with Gasteiger partial charge < -0.3 is 24.3 Å². The predicted molar refractivity (Wildman–Crippen MR) is 177 cm³/mol. The Morgan fingerprint density at radius 2 is 1.80 bits per heavy atom. The summed E-state index contributed by atoms with van der Waals surface area (Å²) in [4.78, 5) is 19.9. The number of nitrogens with zero attached hydrogens (tertiary/aromatic N) is 3. The van der Waals surface area contributed by atoms with Crippen molar-refractivity contribution in [3.05, 3.63) is 148 Å². The van der Waals surface area contributed by atoms with Gasteiger partial charge in [0.1, 0.15) is 17.0 Å². The van der Waals surface area contributed by atoms with Crippen molar-refractivity contribution in [1.29, 1.82) is 0 Å². The summed E-state index contributed by atoms with van der Waals surface area (Å²) in [5.74, 6) is 1.45. The number of furan rings is 1. The Labute approximate surface area is 263 Å². The number of para-hydroxylation sites is 1. The van der Waals surface area contributed by atoms with Crippen molar-refractivity contribution >= 4 is 39.0 Å². The van der Waals surface area contributed by atoms with E-state index >= 15 is 0 Å². The highest BCUT2D eigenvalue weighted by Crippen LogP contribution is 2.64. The maximum absolute atomic E-state index is 6.62. The lowest BCUT2D eigenvalue weighted by molar-refractivity contribution is 0.330. The van der Waals surface area contributed by atoms with Gasteiger partial charge >= 0.3 is 0 Å². The van der Waals surface area contributed by atoms with Crippen molar-refractivity contribution in [3.63, 3.8) is 0 Å². The van der Waals surface area contributed by atoms with Crippen LogP contribution in [0.1, 0.15) is 52.3 Å².